The number of imidazole rings is 1. The molecule has 3 aromatic heterocycles. The molecule has 0 unspecified atom stereocenters. The van der Waals surface area contributed by atoms with Gasteiger partial charge in [-0.25, -0.2) is 4.98 Å². The molecule has 5 heteroatoms. The Labute approximate surface area is 135 Å². The number of amides is 1. The molecule has 3 aromatic rings. The molecule has 1 atom stereocenters. The molecule has 5 nitrogen and oxygen atoms in total. The SMILES string of the molecule is CN(C[C@H]1CCn2ccnc2C1)C(=O)c1cc2ccccn2c1. The summed E-state index contributed by atoms with van der Waals surface area (Å²) in [5, 5.41) is 0. The van der Waals surface area contributed by atoms with E-state index in [0.717, 1.165) is 42.8 Å². The van der Waals surface area contributed by atoms with Crippen LogP contribution in [-0.2, 0) is 13.0 Å². The number of aromatic nitrogens is 3. The van der Waals surface area contributed by atoms with Crippen molar-refractivity contribution in [2.24, 2.45) is 5.92 Å². The Kier molecular flexibility index (Phi) is 3.41. The van der Waals surface area contributed by atoms with Gasteiger partial charge in [-0.1, -0.05) is 6.07 Å². The molecule has 1 aliphatic rings. The monoisotopic (exact) mass is 308 g/mol. The van der Waals surface area contributed by atoms with Gasteiger partial charge in [-0.2, -0.15) is 0 Å². The van der Waals surface area contributed by atoms with Gasteiger partial charge in [0.05, 0.1) is 5.56 Å². The molecule has 0 aromatic carbocycles. The second kappa shape index (κ2) is 5.57. The number of nitrogens with zero attached hydrogens (tertiary/aromatic N) is 4. The summed E-state index contributed by atoms with van der Waals surface area (Å²) in [6.45, 7) is 1.77. The molecular weight excluding hydrogens is 288 g/mol. The molecule has 0 spiro atoms. The molecule has 0 bridgehead atoms. The summed E-state index contributed by atoms with van der Waals surface area (Å²) in [4.78, 5) is 18.9. The summed E-state index contributed by atoms with van der Waals surface area (Å²) in [5.74, 6) is 1.70. The minimum Gasteiger partial charge on any atom is -0.341 e. The number of hydrogen-bond donors (Lipinski definition) is 0. The normalized spacial score (nSPS) is 17.2. The van der Waals surface area contributed by atoms with Gasteiger partial charge in [-0.05, 0) is 30.5 Å². The molecule has 1 aliphatic heterocycles. The molecule has 0 saturated carbocycles. The highest BCUT2D eigenvalue weighted by Gasteiger charge is 2.23. The number of carbonyl (C=O) groups is 1. The lowest BCUT2D eigenvalue weighted by atomic mass is 9.97. The molecule has 1 amide bonds. The Balaban J connectivity index is 1.46. The van der Waals surface area contributed by atoms with Crippen molar-refractivity contribution >= 4 is 11.4 Å². The summed E-state index contributed by atoms with van der Waals surface area (Å²) in [6.07, 6.45) is 9.81. The Bertz CT molecular complexity index is 814. The van der Waals surface area contributed by atoms with Gasteiger partial charge in [-0.3, -0.25) is 4.79 Å². The van der Waals surface area contributed by atoms with Crippen LogP contribution >= 0.6 is 0 Å². The highest BCUT2D eigenvalue weighted by molar-refractivity contribution is 5.95. The van der Waals surface area contributed by atoms with E-state index in [1.54, 1.807) is 0 Å². The van der Waals surface area contributed by atoms with Crippen molar-refractivity contribution in [2.75, 3.05) is 13.6 Å². The highest BCUT2D eigenvalue weighted by Crippen LogP contribution is 2.21. The number of carbonyl (C=O) groups excluding carboxylic acids is 1. The van der Waals surface area contributed by atoms with Crippen molar-refractivity contribution in [1.82, 2.24) is 18.9 Å². The van der Waals surface area contributed by atoms with E-state index in [2.05, 4.69) is 9.55 Å². The first kappa shape index (κ1) is 14.1. The van der Waals surface area contributed by atoms with Crippen molar-refractivity contribution in [3.05, 3.63) is 60.4 Å². The smallest absolute Gasteiger partial charge is 0.255 e. The van der Waals surface area contributed by atoms with Crippen LogP contribution < -0.4 is 0 Å². The van der Waals surface area contributed by atoms with Crippen LogP contribution in [0, 0.1) is 5.92 Å². The molecule has 118 valence electrons. The number of rotatable bonds is 3. The zero-order valence-corrected chi connectivity index (χ0v) is 13.2. The number of hydrogen-bond acceptors (Lipinski definition) is 2. The maximum atomic E-state index is 12.7. The van der Waals surface area contributed by atoms with Crippen LogP contribution in [0.3, 0.4) is 0 Å². The zero-order valence-electron chi connectivity index (χ0n) is 13.2. The first-order chi connectivity index (χ1) is 11.2. The van der Waals surface area contributed by atoms with E-state index < -0.39 is 0 Å². The van der Waals surface area contributed by atoms with Gasteiger partial charge in [0.15, 0.2) is 0 Å². The third-order valence-corrected chi connectivity index (χ3v) is 4.68. The van der Waals surface area contributed by atoms with E-state index in [4.69, 9.17) is 0 Å². The number of aryl methyl sites for hydroxylation is 1. The van der Waals surface area contributed by atoms with E-state index in [9.17, 15) is 4.79 Å². The summed E-state index contributed by atoms with van der Waals surface area (Å²) in [5.41, 5.74) is 1.79. The zero-order chi connectivity index (χ0) is 15.8. The van der Waals surface area contributed by atoms with Gasteiger partial charge in [-0.15, -0.1) is 0 Å². The fourth-order valence-corrected chi connectivity index (χ4v) is 3.43. The summed E-state index contributed by atoms with van der Waals surface area (Å²) < 4.78 is 4.19. The van der Waals surface area contributed by atoms with E-state index in [1.807, 2.05) is 65.4 Å². The average Bonchev–Trinajstić information content (AvgIpc) is 3.19. The lowest BCUT2D eigenvalue weighted by molar-refractivity contribution is 0.0764. The quantitative estimate of drug-likeness (QED) is 0.746. The topological polar surface area (TPSA) is 42.5 Å². The maximum Gasteiger partial charge on any atom is 0.255 e. The van der Waals surface area contributed by atoms with E-state index in [1.165, 1.54) is 0 Å². The molecule has 0 aliphatic carbocycles. The lowest BCUT2D eigenvalue weighted by Crippen LogP contribution is -2.34. The third kappa shape index (κ3) is 2.63. The summed E-state index contributed by atoms with van der Waals surface area (Å²) in [6, 6.07) is 7.91. The van der Waals surface area contributed by atoms with Crippen LogP contribution in [0.2, 0.25) is 0 Å². The Morgan fingerprint density at radius 3 is 3.17 bits per heavy atom. The summed E-state index contributed by atoms with van der Waals surface area (Å²) in [7, 11) is 1.89. The highest BCUT2D eigenvalue weighted by atomic mass is 16.2. The van der Waals surface area contributed by atoms with Gasteiger partial charge < -0.3 is 13.9 Å². The maximum absolute atomic E-state index is 12.7. The summed E-state index contributed by atoms with van der Waals surface area (Å²) >= 11 is 0. The minimum atomic E-state index is 0.0858. The van der Waals surface area contributed by atoms with Crippen molar-refractivity contribution in [1.29, 1.82) is 0 Å². The van der Waals surface area contributed by atoms with Crippen LogP contribution in [0.5, 0.6) is 0 Å². The van der Waals surface area contributed by atoms with Crippen LogP contribution in [0.4, 0.5) is 0 Å². The van der Waals surface area contributed by atoms with Gasteiger partial charge in [0.25, 0.3) is 5.91 Å². The largest absolute Gasteiger partial charge is 0.341 e. The molecule has 4 heterocycles. The Morgan fingerprint density at radius 1 is 1.39 bits per heavy atom. The van der Waals surface area contributed by atoms with Crippen LogP contribution in [-0.4, -0.2) is 38.4 Å². The van der Waals surface area contributed by atoms with Gasteiger partial charge in [0.2, 0.25) is 0 Å². The number of fused-ring (bicyclic) bond motifs is 2. The molecule has 23 heavy (non-hydrogen) atoms. The van der Waals surface area contributed by atoms with Crippen molar-refractivity contribution in [3.8, 4) is 0 Å². The standard InChI is InChI=1S/C18H20N4O/c1-20(12-14-5-8-21-9-6-19-17(21)10-14)18(23)15-11-16-4-2-3-7-22(16)13-15/h2-4,6-7,9,11,13-14H,5,8,10,12H2,1H3/t14-/m0/s1. The average molecular weight is 308 g/mol. The molecule has 0 radical (unpaired) electrons. The predicted molar refractivity (Wildman–Crippen MR) is 88.4 cm³/mol. The van der Waals surface area contributed by atoms with Gasteiger partial charge in [0.1, 0.15) is 5.82 Å². The van der Waals surface area contributed by atoms with Crippen LogP contribution in [0.25, 0.3) is 5.52 Å². The molecule has 0 fully saturated rings. The van der Waals surface area contributed by atoms with E-state index in [-0.39, 0.29) is 5.91 Å². The van der Waals surface area contributed by atoms with Crippen molar-refractivity contribution in [3.63, 3.8) is 0 Å². The second-order valence-electron chi connectivity index (χ2n) is 6.34. The van der Waals surface area contributed by atoms with Gasteiger partial charge in [0, 0.05) is 56.9 Å². The molecule has 0 N–H and O–H groups in total. The first-order valence-corrected chi connectivity index (χ1v) is 8.03. The number of pyridine rings is 1. The lowest BCUT2D eigenvalue weighted by Gasteiger charge is -2.27. The van der Waals surface area contributed by atoms with Crippen LogP contribution in [0.15, 0.2) is 49.1 Å². The fourth-order valence-electron chi connectivity index (χ4n) is 3.43. The Morgan fingerprint density at radius 2 is 2.30 bits per heavy atom. The second-order valence-corrected chi connectivity index (χ2v) is 6.34. The van der Waals surface area contributed by atoms with Gasteiger partial charge >= 0.3 is 0 Å². The molecule has 0 saturated heterocycles. The fraction of sp³-hybridized carbons (Fsp3) is 0.333. The Hall–Kier alpha value is -2.56. The molecular formula is C18H20N4O. The molecule has 4 rings (SSSR count). The van der Waals surface area contributed by atoms with E-state index in [0.29, 0.717) is 5.92 Å². The minimum absolute atomic E-state index is 0.0858. The van der Waals surface area contributed by atoms with E-state index >= 15 is 0 Å². The first-order valence-electron chi connectivity index (χ1n) is 8.03. The van der Waals surface area contributed by atoms with Crippen molar-refractivity contribution in [2.45, 2.75) is 19.4 Å². The van der Waals surface area contributed by atoms with Crippen LogP contribution in [0.1, 0.15) is 22.6 Å². The van der Waals surface area contributed by atoms with Crippen molar-refractivity contribution < 1.29 is 4.79 Å². The third-order valence-electron chi connectivity index (χ3n) is 4.68. The predicted octanol–water partition coefficient (Wildman–Crippen LogP) is 2.47.